The number of nitrogen functional groups attached to an aromatic ring is 1. The van der Waals surface area contributed by atoms with E-state index in [0.717, 1.165) is 36.9 Å². The van der Waals surface area contributed by atoms with Crippen LogP contribution in [0.25, 0.3) is 10.8 Å². The predicted octanol–water partition coefficient (Wildman–Crippen LogP) is 4.18. The van der Waals surface area contributed by atoms with Crippen molar-refractivity contribution >= 4 is 30.3 Å². The Morgan fingerprint density at radius 1 is 1.21 bits per heavy atom. The molecule has 15 heteroatoms. The zero-order valence-electron chi connectivity index (χ0n) is 23.7. The number of anilines is 1. The van der Waals surface area contributed by atoms with Gasteiger partial charge in [-0.2, -0.15) is 18.9 Å². The van der Waals surface area contributed by atoms with E-state index in [-0.39, 0.29) is 18.2 Å². The van der Waals surface area contributed by atoms with Crippen LogP contribution in [0.3, 0.4) is 0 Å². The third kappa shape index (κ3) is 7.76. The van der Waals surface area contributed by atoms with E-state index in [1.807, 2.05) is 0 Å². The van der Waals surface area contributed by atoms with Gasteiger partial charge in [-0.3, -0.25) is 13.9 Å². The SMILES string of the molecule is CCCCCCOC(=O)[C@H](C)NP(=O)(OC[C@H]1O[C@@H](n2ccc(N)nc2=O)C(F)(F)[C@@H]1O)Oc1cccc2ccccc12. The molecule has 1 unspecified atom stereocenters. The monoisotopic (exact) mass is 624 g/mol. The maximum Gasteiger partial charge on any atom is 0.459 e. The molecule has 1 fully saturated rings. The second kappa shape index (κ2) is 13.9. The first-order valence-corrected chi connectivity index (χ1v) is 15.4. The highest BCUT2D eigenvalue weighted by Gasteiger charge is 2.60. The molecular weight excluding hydrogens is 589 g/mol. The zero-order chi connectivity index (χ0) is 31.2. The number of fused-ring (bicyclic) bond motifs is 1. The molecule has 0 amide bonds. The number of benzene rings is 2. The summed E-state index contributed by atoms with van der Waals surface area (Å²) >= 11 is 0. The number of hydrogen-bond donors (Lipinski definition) is 3. The highest BCUT2D eigenvalue weighted by atomic mass is 31.2. The summed E-state index contributed by atoms with van der Waals surface area (Å²) < 4.78 is 66.5. The molecular formula is C28H35F2N4O8P. The smallest absolute Gasteiger partial charge is 0.459 e. The number of rotatable bonds is 14. The number of ether oxygens (including phenoxy) is 2. The molecule has 0 aliphatic carbocycles. The third-order valence-electron chi connectivity index (χ3n) is 6.81. The minimum absolute atomic E-state index is 0.129. The van der Waals surface area contributed by atoms with Gasteiger partial charge in [-0.15, -0.1) is 0 Å². The molecule has 4 N–H and O–H groups in total. The van der Waals surface area contributed by atoms with Crippen LogP contribution in [0, 0.1) is 0 Å². The fourth-order valence-electron chi connectivity index (χ4n) is 4.49. The molecule has 0 saturated carbocycles. The predicted molar refractivity (Wildman–Crippen MR) is 154 cm³/mol. The second-order valence-electron chi connectivity index (χ2n) is 10.1. The number of nitrogens with one attached hydrogen (secondary N) is 1. The molecule has 2 heterocycles. The number of aliphatic hydroxyl groups excluding tert-OH is 1. The Balaban J connectivity index is 1.53. The molecule has 43 heavy (non-hydrogen) atoms. The molecule has 2 aromatic carbocycles. The average molecular weight is 625 g/mol. The van der Waals surface area contributed by atoms with Crippen molar-refractivity contribution in [1.29, 1.82) is 0 Å². The van der Waals surface area contributed by atoms with Gasteiger partial charge in [0.2, 0.25) is 6.23 Å². The van der Waals surface area contributed by atoms with E-state index in [2.05, 4.69) is 17.0 Å². The van der Waals surface area contributed by atoms with Gasteiger partial charge in [-0.25, -0.2) is 9.36 Å². The summed E-state index contributed by atoms with van der Waals surface area (Å²) in [6, 6.07) is 12.0. The Labute approximate surface area is 246 Å². The zero-order valence-corrected chi connectivity index (χ0v) is 24.6. The normalized spacial score (nSPS) is 21.7. The highest BCUT2D eigenvalue weighted by molar-refractivity contribution is 7.52. The summed E-state index contributed by atoms with van der Waals surface area (Å²) in [4.78, 5) is 28.3. The van der Waals surface area contributed by atoms with Gasteiger partial charge in [-0.05, 0) is 30.9 Å². The van der Waals surface area contributed by atoms with E-state index >= 15 is 8.78 Å². The molecule has 12 nitrogen and oxygen atoms in total. The lowest BCUT2D eigenvalue weighted by Gasteiger charge is -2.25. The lowest BCUT2D eigenvalue weighted by molar-refractivity contribution is -0.145. The van der Waals surface area contributed by atoms with Crippen LogP contribution in [0.5, 0.6) is 5.75 Å². The van der Waals surface area contributed by atoms with Gasteiger partial charge in [0.25, 0.3) is 0 Å². The number of nitrogens with zero attached hydrogens (tertiary/aromatic N) is 2. The van der Waals surface area contributed by atoms with Crippen LogP contribution in [-0.4, -0.2) is 58.0 Å². The molecule has 4 rings (SSSR count). The number of esters is 1. The lowest BCUT2D eigenvalue weighted by atomic mass is 10.1. The van der Waals surface area contributed by atoms with Gasteiger partial charge in [0.1, 0.15) is 23.7 Å². The van der Waals surface area contributed by atoms with Crippen LogP contribution < -0.4 is 21.0 Å². The van der Waals surface area contributed by atoms with Crippen molar-refractivity contribution in [3.8, 4) is 5.75 Å². The van der Waals surface area contributed by atoms with Crippen LogP contribution in [-0.2, 0) is 23.4 Å². The fourth-order valence-corrected chi connectivity index (χ4v) is 6.01. The summed E-state index contributed by atoms with van der Waals surface area (Å²) in [5.74, 6) is -4.74. The molecule has 234 valence electrons. The first kappa shape index (κ1) is 32.5. The Morgan fingerprint density at radius 2 is 1.95 bits per heavy atom. The molecule has 3 aromatic rings. The number of aliphatic hydroxyl groups is 1. The molecule has 0 radical (unpaired) electrons. The number of carbonyl (C=O) groups excluding carboxylic acids is 1. The summed E-state index contributed by atoms with van der Waals surface area (Å²) in [6.07, 6.45) is -1.95. The largest absolute Gasteiger partial charge is 0.465 e. The van der Waals surface area contributed by atoms with Crippen molar-refractivity contribution in [3.63, 3.8) is 0 Å². The minimum Gasteiger partial charge on any atom is -0.465 e. The van der Waals surface area contributed by atoms with Gasteiger partial charge < -0.3 is 24.8 Å². The van der Waals surface area contributed by atoms with Crippen molar-refractivity contribution in [3.05, 3.63) is 65.2 Å². The average Bonchev–Trinajstić information content (AvgIpc) is 3.19. The van der Waals surface area contributed by atoms with Gasteiger partial charge in [0.05, 0.1) is 13.2 Å². The van der Waals surface area contributed by atoms with Crippen molar-refractivity contribution in [1.82, 2.24) is 14.6 Å². The number of hydrogen-bond acceptors (Lipinski definition) is 10. The van der Waals surface area contributed by atoms with Crippen molar-refractivity contribution < 1.29 is 41.8 Å². The van der Waals surface area contributed by atoms with Crippen LogP contribution in [0.15, 0.2) is 59.5 Å². The van der Waals surface area contributed by atoms with Gasteiger partial charge in [-0.1, -0.05) is 62.6 Å². The number of carbonyl (C=O) groups is 1. The lowest BCUT2D eigenvalue weighted by Crippen LogP contribution is -2.42. The molecule has 0 bridgehead atoms. The maximum atomic E-state index is 15.0. The maximum absolute atomic E-state index is 15.0. The van der Waals surface area contributed by atoms with Crippen LogP contribution >= 0.6 is 7.75 Å². The number of aromatic nitrogens is 2. The van der Waals surface area contributed by atoms with E-state index in [4.69, 9.17) is 24.3 Å². The van der Waals surface area contributed by atoms with Crippen molar-refractivity contribution in [2.24, 2.45) is 0 Å². The highest BCUT2D eigenvalue weighted by Crippen LogP contribution is 2.49. The first-order valence-electron chi connectivity index (χ1n) is 13.9. The molecule has 1 aliphatic rings. The van der Waals surface area contributed by atoms with E-state index in [1.165, 1.54) is 13.0 Å². The number of unbranched alkanes of at least 4 members (excludes halogenated alkanes) is 3. The van der Waals surface area contributed by atoms with E-state index in [9.17, 15) is 19.3 Å². The molecule has 1 aliphatic heterocycles. The number of halogens is 2. The molecule has 0 spiro atoms. The van der Waals surface area contributed by atoms with Crippen molar-refractivity contribution in [2.45, 2.75) is 69.9 Å². The molecule has 1 aromatic heterocycles. The van der Waals surface area contributed by atoms with E-state index < -0.39 is 56.4 Å². The topological polar surface area (TPSA) is 164 Å². The standard InChI is InChI=1S/C28H35F2N4O8P/c1-3-4-5-8-16-39-25(36)18(2)33-43(38,42-21-13-9-11-19-10-6-7-12-20(19)21)40-17-22-24(35)28(29,30)26(41-22)34-15-14-23(31)32-27(34)37/h6-7,9-15,18,22,24,26,35H,3-5,8,16-17H2,1-2H3,(H,33,38)(H2,31,32,37)/t18-,22+,24+,26+,43?/m0/s1. The quantitative estimate of drug-likeness (QED) is 0.134. The van der Waals surface area contributed by atoms with E-state index in [1.54, 1.807) is 36.4 Å². The Bertz CT molecular complexity index is 1520. The van der Waals surface area contributed by atoms with Gasteiger partial charge in [0, 0.05) is 11.6 Å². The van der Waals surface area contributed by atoms with Gasteiger partial charge >= 0.3 is 25.3 Å². The van der Waals surface area contributed by atoms with Crippen LogP contribution in [0.4, 0.5) is 14.6 Å². The first-order chi connectivity index (χ1) is 20.4. The van der Waals surface area contributed by atoms with Crippen LogP contribution in [0.1, 0.15) is 45.8 Å². The number of alkyl halides is 2. The van der Waals surface area contributed by atoms with Crippen molar-refractivity contribution in [2.75, 3.05) is 18.9 Å². The van der Waals surface area contributed by atoms with Gasteiger partial charge in [0.15, 0.2) is 6.10 Å². The Kier molecular flexibility index (Phi) is 10.5. The minimum atomic E-state index is -4.52. The van der Waals surface area contributed by atoms with E-state index in [0.29, 0.717) is 16.4 Å². The summed E-state index contributed by atoms with van der Waals surface area (Å²) in [5.41, 5.74) is 4.32. The molecule has 5 atom stereocenters. The number of nitrogens with two attached hydrogens (primary N) is 1. The summed E-state index contributed by atoms with van der Waals surface area (Å²) in [6.45, 7) is 2.75. The third-order valence-corrected chi connectivity index (χ3v) is 8.44. The van der Waals surface area contributed by atoms with Crippen LogP contribution in [0.2, 0.25) is 0 Å². The fraction of sp³-hybridized carbons (Fsp3) is 0.464. The summed E-state index contributed by atoms with van der Waals surface area (Å²) in [7, 11) is -4.52. The second-order valence-corrected chi connectivity index (χ2v) is 11.8. The Morgan fingerprint density at radius 3 is 2.70 bits per heavy atom. The molecule has 1 saturated heterocycles. The summed E-state index contributed by atoms with van der Waals surface area (Å²) in [5, 5.41) is 14.2. The Hall–Kier alpha value is -3.42.